The van der Waals surface area contributed by atoms with Crippen LogP contribution in [-0.4, -0.2) is 29.2 Å². The molecule has 3 unspecified atom stereocenters. The molecule has 0 N–H and O–H groups in total. The van der Waals surface area contributed by atoms with Gasteiger partial charge in [0.15, 0.2) is 0 Å². The molecule has 1 saturated carbocycles. The Bertz CT molecular complexity index is 755. The second-order valence-corrected chi connectivity index (χ2v) is 8.03. The van der Waals surface area contributed by atoms with Gasteiger partial charge in [0.25, 0.3) is 0 Å². The largest absolute Gasteiger partial charge is 0.469 e. The van der Waals surface area contributed by atoms with E-state index in [1.165, 1.54) is 30.7 Å². The van der Waals surface area contributed by atoms with Crippen LogP contribution in [0.5, 0.6) is 0 Å². The fourth-order valence-corrected chi connectivity index (χ4v) is 4.74. The first-order valence-electron chi connectivity index (χ1n) is 7.48. The van der Waals surface area contributed by atoms with Crippen LogP contribution in [0.2, 0.25) is 0 Å². The zero-order valence-corrected chi connectivity index (χ0v) is 15.2. The average molecular weight is 417 g/mol. The SMILES string of the molecule is COC(=O)C1CC(F)CCC1c1nc(-c2cncc(F)c2)sc1Br. The van der Waals surface area contributed by atoms with E-state index < -0.39 is 23.9 Å². The molecule has 0 amide bonds. The molecule has 0 spiro atoms. The van der Waals surface area contributed by atoms with Gasteiger partial charge in [-0.1, -0.05) is 0 Å². The van der Waals surface area contributed by atoms with Crippen LogP contribution >= 0.6 is 27.3 Å². The van der Waals surface area contributed by atoms with Crippen LogP contribution in [0, 0.1) is 11.7 Å². The maximum Gasteiger partial charge on any atom is 0.309 e. The summed E-state index contributed by atoms with van der Waals surface area (Å²) in [5.74, 6) is -1.64. The summed E-state index contributed by atoms with van der Waals surface area (Å²) in [6.07, 6.45) is 2.70. The molecule has 1 aliphatic carbocycles. The van der Waals surface area contributed by atoms with Crippen molar-refractivity contribution in [2.45, 2.75) is 31.4 Å². The van der Waals surface area contributed by atoms with Gasteiger partial charge in [0.2, 0.25) is 0 Å². The second kappa shape index (κ2) is 7.23. The predicted molar refractivity (Wildman–Crippen MR) is 90.0 cm³/mol. The fourth-order valence-electron chi connectivity index (χ4n) is 3.05. The third-order valence-electron chi connectivity index (χ3n) is 4.20. The molecule has 8 heteroatoms. The lowest BCUT2D eigenvalue weighted by Crippen LogP contribution is -2.31. The fraction of sp³-hybridized carbons (Fsp3) is 0.438. The minimum absolute atomic E-state index is 0.137. The molecule has 2 heterocycles. The van der Waals surface area contributed by atoms with E-state index in [9.17, 15) is 13.6 Å². The number of ether oxygens (including phenoxy) is 1. The topological polar surface area (TPSA) is 52.1 Å². The highest BCUT2D eigenvalue weighted by Crippen LogP contribution is 2.44. The molecule has 0 radical (unpaired) electrons. The van der Waals surface area contributed by atoms with Crippen LogP contribution in [0.1, 0.15) is 30.9 Å². The standard InChI is InChI=1S/C16H15BrF2N2O2S/c1-23-16(22)12-5-9(18)2-3-11(12)13-14(17)24-15(21-13)8-4-10(19)7-20-6-8/h4,6-7,9,11-12H,2-3,5H2,1H3. The summed E-state index contributed by atoms with van der Waals surface area (Å²) < 4.78 is 32.7. The van der Waals surface area contributed by atoms with E-state index in [0.29, 0.717) is 29.1 Å². The van der Waals surface area contributed by atoms with Crippen molar-refractivity contribution in [3.05, 3.63) is 33.8 Å². The summed E-state index contributed by atoms with van der Waals surface area (Å²) in [6, 6.07) is 1.36. The molecule has 128 valence electrons. The third kappa shape index (κ3) is 3.49. The predicted octanol–water partition coefficient (Wildman–Crippen LogP) is 4.50. The van der Waals surface area contributed by atoms with Gasteiger partial charge in [-0.05, 0) is 41.3 Å². The van der Waals surface area contributed by atoms with Crippen molar-refractivity contribution in [2.75, 3.05) is 7.11 Å². The van der Waals surface area contributed by atoms with Gasteiger partial charge in [-0.25, -0.2) is 13.8 Å². The van der Waals surface area contributed by atoms with Gasteiger partial charge in [0.1, 0.15) is 17.0 Å². The molecule has 0 bridgehead atoms. The summed E-state index contributed by atoms with van der Waals surface area (Å²) in [6.45, 7) is 0. The number of esters is 1. The van der Waals surface area contributed by atoms with E-state index in [1.54, 1.807) is 0 Å². The number of alkyl halides is 1. The lowest BCUT2D eigenvalue weighted by molar-refractivity contribution is -0.148. The highest BCUT2D eigenvalue weighted by molar-refractivity contribution is 9.11. The van der Waals surface area contributed by atoms with Crippen LogP contribution in [0.15, 0.2) is 22.2 Å². The van der Waals surface area contributed by atoms with E-state index in [2.05, 4.69) is 25.9 Å². The third-order valence-corrected chi connectivity index (χ3v) is 6.00. The number of thiazole rings is 1. The van der Waals surface area contributed by atoms with E-state index in [0.717, 1.165) is 9.98 Å². The van der Waals surface area contributed by atoms with Crippen molar-refractivity contribution >= 4 is 33.2 Å². The first-order valence-corrected chi connectivity index (χ1v) is 9.09. The van der Waals surface area contributed by atoms with Crippen molar-refractivity contribution in [3.8, 4) is 10.6 Å². The Morgan fingerprint density at radius 2 is 2.21 bits per heavy atom. The van der Waals surface area contributed by atoms with Crippen molar-refractivity contribution in [1.29, 1.82) is 0 Å². The quantitative estimate of drug-likeness (QED) is 0.691. The maximum absolute atomic E-state index is 13.7. The van der Waals surface area contributed by atoms with E-state index in [4.69, 9.17) is 4.74 Å². The summed E-state index contributed by atoms with van der Waals surface area (Å²) >= 11 is 4.82. The van der Waals surface area contributed by atoms with Crippen molar-refractivity contribution in [3.63, 3.8) is 0 Å². The molecule has 2 aromatic heterocycles. The molecule has 1 fully saturated rings. The number of aromatic nitrogens is 2. The van der Waals surface area contributed by atoms with Gasteiger partial charge in [-0.15, -0.1) is 11.3 Å². The lowest BCUT2D eigenvalue weighted by Gasteiger charge is -2.30. The monoisotopic (exact) mass is 416 g/mol. The number of nitrogens with zero attached hydrogens (tertiary/aromatic N) is 2. The molecule has 24 heavy (non-hydrogen) atoms. The number of rotatable bonds is 3. The Morgan fingerprint density at radius 3 is 2.92 bits per heavy atom. The zero-order chi connectivity index (χ0) is 17.3. The molecular weight excluding hydrogens is 402 g/mol. The van der Waals surface area contributed by atoms with Gasteiger partial charge in [-0.3, -0.25) is 9.78 Å². The Hall–Kier alpha value is -1.41. The van der Waals surface area contributed by atoms with Gasteiger partial charge in [0, 0.05) is 17.7 Å². The lowest BCUT2D eigenvalue weighted by atomic mass is 9.77. The van der Waals surface area contributed by atoms with Gasteiger partial charge < -0.3 is 4.74 Å². The van der Waals surface area contributed by atoms with E-state index in [-0.39, 0.29) is 12.3 Å². The normalized spacial score (nSPS) is 23.9. The smallest absolute Gasteiger partial charge is 0.309 e. The molecule has 3 atom stereocenters. The van der Waals surface area contributed by atoms with Crippen LogP contribution in [0.4, 0.5) is 8.78 Å². The van der Waals surface area contributed by atoms with Crippen molar-refractivity contribution in [2.24, 2.45) is 5.92 Å². The number of hydrogen-bond acceptors (Lipinski definition) is 5. The molecule has 1 aliphatic rings. The van der Waals surface area contributed by atoms with Crippen LogP contribution in [0.25, 0.3) is 10.6 Å². The Balaban J connectivity index is 1.95. The molecule has 0 aliphatic heterocycles. The maximum atomic E-state index is 13.7. The molecule has 4 nitrogen and oxygen atoms in total. The minimum atomic E-state index is -1.00. The minimum Gasteiger partial charge on any atom is -0.469 e. The zero-order valence-electron chi connectivity index (χ0n) is 12.8. The van der Waals surface area contributed by atoms with Crippen molar-refractivity contribution in [1.82, 2.24) is 9.97 Å². The second-order valence-electron chi connectivity index (χ2n) is 5.72. The van der Waals surface area contributed by atoms with E-state index in [1.807, 2.05) is 0 Å². The Morgan fingerprint density at radius 1 is 1.42 bits per heavy atom. The van der Waals surface area contributed by atoms with Gasteiger partial charge in [0.05, 0.1) is 28.7 Å². The molecule has 3 rings (SSSR count). The first kappa shape index (κ1) is 17.4. The number of hydrogen-bond donors (Lipinski definition) is 0. The van der Waals surface area contributed by atoms with E-state index >= 15 is 0 Å². The Kier molecular flexibility index (Phi) is 5.24. The summed E-state index contributed by atoms with van der Waals surface area (Å²) in [5.41, 5.74) is 1.27. The van der Waals surface area contributed by atoms with Crippen LogP contribution in [-0.2, 0) is 9.53 Å². The summed E-state index contributed by atoms with van der Waals surface area (Å²) in [7, 11) is 1.31. The number of carbonyl (C=O) groups is 1. The van der Waals surface area contributed by atoms with Gasteiger partial charge >= 0.3 is 5.97 Å². The summed E-state index contributed by atoms with van der Waals surface area (Å²) in [5, 5.41) is 0.606. The number of pyridine rings is 1. The molecule has 0 aromatic carbocycles. The van der Waals surface area contributed by atoms with Crippen molar-refractivity contribution < 1.29 is 18.3 Å². The Labute approximate surface area is 150 Å². The highest BCUT2D eigenvalue weighted by atomic mass is 79.9. The van der Waals surface area contributed by atoms with Crippen LogP contribution < -0.4 is 0 Å². The number of methoxy groups -OCH3 is 1. The highest BCUT2D eigenvalue weighted by Gasteiger charge is 2.39. The number of carbonyl (C=O) groups excluding carboxylic acids is 1. The molecular formula is C16H15BrF2N2O2S. The summed E-state index contributed by atoms with van der Waals surface area (Å²) in [4.78, 5) is 20.4. The molecule has 0 saturated heterocycles. The van der Waals surface area contributed by atoms with Crippen LogP contribution in [0.3, 0.4) is 0 Å². The first-order chi connectivity index (χ1) is 11.5. The number of halogens is 3. The van der Waals surface area contributed by atoms with Gasteiger partial charge in [-0.2, -0.15) is 0 Å². The average Bonchev–Trinajstić information content (AvgIpc) is 2.96. The molecule has 2 aromatic rings.